The van der Waals surface area contributed by atoms with Crippen molar-refractivity contribution in [3.63, 3.8) is 0 Å². The fourth-order valence-electron chi connectivity index (χ4n) is 3.78. The zero-order valence-corrected chi connectivity index (χ0v) is 19.6. The Kier molecular flexibility index (Phi) is 12.2. The van der Waals surface area contributed by atoms with Crippen molar-refractivity contribution < 1.29 is 19.1 Å². The highest BCUT2D eigenvalue weighted by atomic mass is 16.5. The van der Waals surface area contributed by atoms with E-state index in [-0.39, 0.29) is 11.9 Å². The van der Waals surface area contributed by atoms with Crippen LogP contribution in [0.4, 0.5) is 0 Å². The van der Waals surface area contributed by atoms with E-state index in [1.54, 1.807) is 24.3 Å². The molecular weight excluding hydrogens is 400 g/mol. The SMILES string of the molecule is CCCCC(CCC(CCCC)COC(=O)c1ccccc1)COC(=O)c1ccccc1. The third-order valence-electron chi connectivity index (χ3n) is 5.83. The van der Waals surface area contributed by atoms with Crippen LogP contribution in [0.5, 0.6) is 0 Å². The molecule has 0 saturated heterocycles. The molecule has 4 nitrogen and oxygen atoms in total. The molecule has 32 heavy (non-hydrogen) atoms. The monoisotopic (exact) mass is 438 g/mol. The molecule has 0 amide bonds. The molecule has 0 aliphatic rings. The summed E-state index contributed by atoms with van der Waals surface area (Å²) in [4.78, 5) is 24.7. The highest BCUT2D eigenvalue weighted by Crippen LogP contribution is 2.23. The van der Waals surface area contributed by atoms with Gasteiger partial charge in [0.25, 0.3) is 0 Å². The molecule has 0 aliphatic carbocycles. The van der Waals surface area contributed by atoms with E-state index in [9.17, 15) is 9.59 Å². The van der Waals surface area contributed by atoms with Crippen LogP contribution in [0.3, 0.4) is 0 Å². The van der Waals surface area contributed by atoms with Crippen molar-refractivity contribution in [2.24, 2.45) is 11.8 Å². The molecule has 2 aromatic carbocycles. The Hall–Kier alpha value is -2.62. The molecule has 0 aliphatic heterocycles. The number of hydrogen-bond acceptors (Lipinski definition) is 4. The fourth-order valence-corrected chi connectivity index (χ4v) is 3.78. The number of carbonyl (C=O) groups excluding carboxylic acids is 2. The highest BCUT2D eigenvalue weighted by Gasteiger charge is 2.18. The third-order valence-corrected chi connectivity index (χ3v) is 5.83. The molecule has 174 valence electrons. The van der Waals surface area contributed by atoms with E-state index in [1.807, 2.05) is 36.4 Å². The summed E-state index contributed by atoms with van der Waals surface area (Å²) in [5.41, 5.74) is 1.19. The summed E-state index contributed by atoms with van der Waals surface area (Å²) < 4.78 is 11.3. The van der Waals surface area contributed by atoms with Gasteiger partial charge in [0.2, 0.25) is 0 Å². The summed E-state index contributed by atoms with van der Waals surface area (Å²) >= 11 is 0. The van der Waals surface area contributed by atoms with Crippen molar-refractivity contribution in [3.05, 3.63) is 71.8 Å². The second-order valence-electron chi connectivity index (χ2n) is 8.52. The Labute approximate surface area is 193 Å². The molecule has 0 fully saturated rings. The minimum atomic E-state index is -0.258. The third kappa shape index (κ3) is 9.67. The first-order chi connectivity index (χ1) is 15.6. The van der Waals surface area contributed by atoms with Crippen LogP contribution < -0.4 is 0 Å². The minimum absolute atomic E-state index is 0.258. The van der Waals surface area contributed by atoms with Gasteiger partial charge in [-0.3, -0.25) is 0 Å². The van der Waals surface area contributed by atoms with Crippen molar-refractivity contribution in [1.82, 2.24) is 0 Å². The molecule has 0 aromatic heterocycles. The van der Waals surface area contributed by atoms with Crippen LogP contribution in [0.25, 0.3) is 0 Å². The number of rotatable bonds is 15. The summed E-state index contributed by atoms with van der Waals surface area (Å²) in [7, 11) is 0. The Morgan fingerprint density at radius 1 is 0.625 bits per heavy atom. The van der Waals surface area contributed by atoms with Gasteiger partial charge in [-0.1, -0.05) is 75.9 Å². The van der Waals surface area contributed by atoms with Crippen LogP contribution in [0.1, 0.15) is 85.9 Å². The normalized spacial score (nSPS) is 12.7. The van der Waals surface area contributed by atoms with E-state index in [2.05, 4.69) is 13.8 Å². The quantitative estimate of drug-likeness (QED) is 0.278. The van der Waals surface area contributed by atoms with Crippen LogP contribution in [0, 0.1) is 11.8 Å². The second kappa shape index (κ2) is 15.2. The molecule has 0 heterocycles. The van der Waals surface area contributed by atoms with Crippen molar-refractivity contribution in [2.45, 2.75) is 65.2 Å². The number of carbonyl (C=O) groups is 2. The Morgan fingerprint density at radius 2 is 1.00 bits per heavy atom. The van der Waals surface area contributed by atoms with Crippen molar-refractivity contribution in [2.75, 3.05) is 13.2 Å². The number of ether oxygens (including phenoxy) is 2. The molecule has 2 atom stereocenters. The van der Waals surface area contributed by atoms with Crippen LogP contribution >= 0.6 is 0 Å². The molecule has 2 aromatic rings. The zero-order chi connectivity index (χ0) is 23.0. The van der Waals surface area contributed by atoms with Crippen molar-refractivity contribution >= 4 is 11.9 Å². The van der Waals surface area contributed by atoms with Gasteiger partial charge in [-0.25, -0.2) is 9.59 Å². The van der Waals surface area contributed by atoms with E-state index in [0.29, 0.717) is 36.2 Å². The van der Waals surface area contributed by atoms with Crippen LogP contribution in [0.2, 0.25) is 0 Å². The zero-order valence-electron chi connectivity index (χ0n) is 19.6. The summed E-state index contributed by atoms with van der Waals surface area (Å²) in [6, 6.07) is 18.3. The van der Waals surface area contributed by atoms with Gasteiger partial charge in [-0.2, -0.15) is 0 Å². The van der Waals surface area contributed by atoms with E-state index >= 15 is 0 Å². The van der Waals surface area contributed by atoms with E-state index in [4.69, 9.17) is 9.47 Å². The van der Waals surface area contributed by atoms with Crippen LogP contribution in [-0.2, 0) is 9.47 Å². The van der Waals surface area contributed by atoms with Gasteiger partial charge in [0.15, 0.2) is 0 Å². The summed E-state index contributed by atoms with van der Waals surface area (Å²) in [5.74, 6) is 0.144. The van der Waals surface area contributed by atoms with Gasteiger partial charge in [0, 0.05) is 0 Å². The van der Waals surface area contributed by atoms with Gasteiger partial charge in [0.05, 0.1) is 24.3 Å². The Bertz CT molecular complexity index is 705. The topological polar surface area (TPSA) is 52.6 Å². The minimum Gasteiger partial charge on any atom is -0.462 e. The lowest BCUT2D eigenvalue weighted by Crippen LogP contribution is -2.19. The molecule has 0 bridgehead atoms. The first kappa shape index (κ1) is 25.6. The molecule has 2 rings (SSSR count). The molecule has 0 saturated carbocycles. The Morgan fingerprint density at radius 3 is 1.34 bits per heavy atom. The van der Waals surface area contributed by atoms with Crippen molar-refractivity contribution in [3.8, 4) is 0 Å². The van der Waals surface area contributed by atoms with Crippen LogP contribution in [-0.4, -0.2) is 25.2 Å². The van der Waals surface area contributed by atoms with E-state index < -0.39 is 0 Å². The lowest BCUT2D eigenvalue weighted by molar-refractivity contribution is 0.0369. The molecule has 2 unspecified atom stereocenters. The van der Waals surface area contributed by atoms with Gasteiger partial charge in [-0.15, -0.1) is 0 Å². The van der Waals surface area contributed by atoms with Crippen molar-refractivity contribution in [1.29, 1.82) is 0 Å². The smallest absolute Gasteiger partial charge is 0.338 e. The van der Waals surface area contributed by atoms with E-state index in [1.165, 1.54) is 0 Å². The number of unbranched alkanes of at least 4 members (excludes halogenated alkanes) is 2. The van der Waals surface area contributed by atoms with Gasteiger partial charge in [0.1, 0.15) is 0 Å². The lowest BCUT2D eigenvalue weighted by Gasteiger charge is -2.21. The fraction of sp³-hybridized carbons (Fsp3) is 0.500. The predicted molar refractivity (Wildman–Crippen MR) is 129 cm³/mol. The number of benzene rings is 2. The number of hydrogen-bond donors (Lipinski definition) is 0. The first-order valence-electron chi connectivity index (χ1n) is 12.1. The summed E-state index contributed by atoms with van der Waals surface area (Å²) in [5, 5.41) is 0. The molecule has 0 radical (unpaired) electrons. The average molecular weight is 439 g/mol. The highest BCUT2D eigenvalue weighted by molar-refractivity contribution is 5.89. The summed E-state index contributed by atoms with van der Waals surface area (Å²) in [6.07, 6.45) is 8.52. The van der Waals surface area contributed by atoms with Crippen LogP contribution in [0.15, 0.2) is 60.7 Å². The van der Waals surface area contributed by atoms with Gasteiger partial charge < -0.3 is 9.47 Å². The molecule has 0 spiro atoms. The standard InChI is InChI=1S/C28H38O4/c1-3-5-13-23(21-31-27(29)25-15-9-7-10-16-25)19-20-24(14-6-4-2)22-32-28(30)26-17-11-8-12-18-26/h7-12,15-18,23-24H,3-6,13-14,19-22H2,1-2H3. The molecular formula is C28H38O4. The van der Waals surface area contributed by atoms with Gasteiger partial charge >= 0.3 is 11.9 Å². The first-order valence-corrected chi connectivity index (χ1v) is 12.1. The predicted octanol–water partition coefficient (Wildman–Crippen LogP) is 7.09. The molecule has 0 N–H and O–H groups in total. The maximum Gasteiger partial charge on any atom is 0.338 e. The maximum atomic E-state index is 12.3. The lowest BCUT2D eigenvalue weighted by atomic mass is 9.90. The van der Waals surface area contributed by atoms with Gasteiger partial charge in [-0.05, 0) is 61.8 Å². The average Bonchev–Trinajstić information content (AvgIpc) is 2.85. The van der Waals surface area contributed by atoms with E-state index in [0.717, 1.165) is 51.4 Å². The second-order valence-corrected chi connectivity index (χ2v) is 8.52. The molecule has 4 heteroatoms. The maximum absolute atomic E-state index is 12.3. The Balaban J connectivity index is 1.87. The largest absolute Gasteiger partial charge is 0.462 e. The number of esters is 2. The summed E-state index contributed by atoms with van der Waals surface area (Å²) in [6.45, 7) is 5.25.